The van der Waals surface area contributed by atoms with Crippen molar-refractivity contribution in [1.82, 2.24) is 0 Å². The van der Waals surface area contributed by atoms with E-state index in [2.05, 4.69) is 15.0 Å². The first-order chi connectivity index (χ1) is 9.07. The van der Waals surface area contributed by atoms with Gasteiger partial charge in [0.25, 0.3) is 0 Å². The van der Waals surface area contributed by atoms with E-state index in [0.717, 1.165) is 0 Å². The van der Waals surface area contributed by atoms with Crippen LogP contribution >= 0.6 is 0 Å². The Morgan fingerprint density at radius 3 is 2.21 bits per heavy atom. The molecular formula is C10H6F4N4O. The predicted molar refractivity (Wildman–Crippen MR) is 57.1 cm³/mol. The van der Waals surface area contributed by atoms with Gasteiger partial charge in [0.15, 0.2) is 23.3 Å². The van der Waals surface area contributed by atoms with Crippen molar-refractivity contribution in [2.45, 2.75) is 6.42 Å². The topological polar surface area (TPSA) is 70.4 Å². The largest absolute Gasteiger partial charge is 0.477 e. The van der Waals surface area contributed by atoms with Gasteiger partial charge in [-0.15, -0.1) is 0 Å². The van der Waals surface area contributed by atoms with Gasteiger partial charge in [0.2, 0.25) is 5.90 Å². The van der Waals surface area contributed by atoms with Crippen LogP contribution in [0.4, 0.5) is 23.2 Å². The Hall–Kier alpha value is -2.28. The lowest BCUT2D eigenvalue weighted by Gasteiger charge is -2.16. The first kappa shape index (κ1) is 13.2. The Labute approximate surface area is 104 Å². The molecule has 1 aliphatic heterocycles. The van der Waals surface area contributed by atoms with Crippen molar-refractivity contribution < 1.29 is 22.3 Å². The molecule has 0 unspecified atom stereocenters. The third kappa shape index (κ3) is 2.19. The summed E-state index contributed by atoms with van der Waals surface area (Å²) < 4.78 is 59.2. The zero-order chi connectivity index (χ0) is 14.0. The van der Waals surface area contributed by atoms with Crippen LogP contribution in [0.5, 0.6) is 0 Å². The lowest BCUT2D eigenvalue weighted by atomic mass is 10.1. The quantitative estimate of drug-likeness (QED) is 0.268. The molecule has 1 aliphatic rings. The second kappa shape index (κ2) is 5.15. The zero-order valence-corrected chi connectivity index (χ0v) is 9.33. The van der Waals surface area contributed by atoms with E-state index in [1.54, 1.807) is 0 Å². The molecule has 1 aromatic carbocycles. The number of nitrogens with zero attached hydrogens (tertiary/aromatic N) is 4. The molecule has 1 heterocycles. The van der Waals surface area contributed by atoms with Crippen molar-refractivity contribution in [3.63, 3.8) is 0 Å². The summed E-state index contributed by atoms with van der Waals surface area (Å²) in [5.74, 6) is -7.50. The van der Waals surface area contributed by atoms with Gasteiger partial charge < -0.3 is 4.74 Å². The molecule has 0 atom stereocenters. The molecule has 0 bridgehead atoms. The summed E-state index contributed by atoms with van der Waals surface area (Å²) >= 11 is 0. The summed E-state index contributed by atoms with van der Waals surface area (Å²) in [6.45, 7) is 0.370. The summed E-state index contributed by atoms with van der Waals surface area (Å²) in [5, 5.41) is 2.58. The van der Waals surface area contributed by atoms with Crippen LogP contribution in [0.3, 0.4) is 0 Å². The van der Waals surface area contributed by atoms with Crippen LogP contribution in [-0.2, 0) is 4.74 Å². The van der Waals surface area contributed by atoms with Crippen LogP contribution in [0.2, 0.25) is 0 Å². The average molecular weight is 274 g/mol. The van der Waals surface area contributed by atoms with Crippen molar-refractivity contribution in [1.29, 1.82) is 0 Å². The fourth-order valence-electron chi connectivity index (χ4n) is 1.55. The highest BCUT2D eigenvalue weighted by atomic mass is 19.2. The van der Waals surface area contributed by atoms with E-state index in [-0.39, 0.29) is 13.2 Å². The van der Waals surface area contributed by atoms with E-state index in [0.29, 0.717) is 6.42 Å². The average Bonchev–Trinajstić information content (AvgIpc) is 2.43. The third-order valence-electron chi connectivity index (χ3n) is 2.40. The van der Waals surface area contributed by atoms with Crippen LogP contribution in [0.25, 0.3) is 10.4 Å². The summed E-state index contributed by atoms with van der Waals surface area (Å²) in [6.07, 6.45) is 0.536. The van der Waals surface area contributed by atoms with Gasteiger partial charge in [-0.3, -0.25) is 4.99 Å². The minimum absolute atomic E-state index is 0.138. The Balaban J connectivity index is 2.69. The predicted octanol–water partition coefficient (Wildman–Crippen LogP) is 3.35. The Bertz CT molecular complexity index is 581. The van der Waals surface area contributed by atoms with Crippen molar-refractivity contribution >= 4 is 11.6 Å². The number of halogens is 4. The Morgan fingerprint density at radius 1 is 1.11 bits per heavy atom. The molecule has 1 aromatic rings. The molecule has 0 N–H and O–H groups in total. The highest BCUT2D eigenvalue weighted by Gasteiger charge is 2.29. The minimum Gasteiger partial charge on any atom is -0.477 e. The van der Waals surface area contributed by atoms with E-state index in [1.807, 2.05) is 0 Å². The maximum atomic E-state index is 13.7. The van der Waals surface area contributed by atoms with Crippen molar-refractivity contribution in [2.24, 2.45) is 10.1 Å². The van der Waals surface area contributed by atoms with Crippen molar-refractivity contribution in [3.8, 4) is 0 Å². The molecule has 5 nitrogen and oxygen atoms in total. The molecule has 0 saturated carbocycles. The molecule has 0 spiro atoms. The molecule has 0 aliphatic carbocycles. The minimum atomic E-state index is -1.79. The Morgan fingerprint density at radius 2 is 1.74 bits per heavy atom. The first-order valence-electron chi connectivity index (χ1n) is 5.16. The van der Waals surface area contributed by atoms with Gasteiger partial charge in [0.1, 0.15) is 11.3 Å². The molecule has 100 valence electrons. The fraction of sp³-hybridized carbons (Fsp3) is 0.300. The maximum absolute atomic E-state index is 13.7. The molecule has 0 saturated heterocycles. The lowest BCUT2D eigenvalue weighted by molar-refractivity contribution is 0.280. The number of aliphatic imine (C=N–C) groups is 1. The second-order valence-corrected chi connectivity index (χ2v) is 3.56. The highest BCUT2D eigenvalue weighted by molar-refractivity contribution is 5.95. The highest BCUT2D eigenvalue weighted by Crippen LogP contribution is 2.31. The number of benzene rings is 1. The fourth-order valence-corrected chi connectivity index (χ4v) is 1.55. The monoisotopic (exact) mass is 274 g/mol. The van der Waals surface area contributed by atoms with Crippen LogP contribution in [0.15, 0.2) is 10.1 Å². The van der Waals surface area contributed by atoms with Gasteiger partial charge >= 0.3 is 0 Å². The summed E-state index contributed by atoms with van der Waals surface area (Å²) in [4.78, 5) is 5.76. The zero-order valence-electron chi connectivity index (χ0n) is 9.33. The lowest BCUT2D eigenvalue weighted by Crippen LogP contribution is -2.19. The molecular weight excluding hydrogens is 268 g/mol. The van der Waals surface area contributed by atoms with Gasteiger partial charge in [-0.05, 0) is 5.53 Å². The molecule has 0 fully saturated rings. The molecule has 0 aromatic heterocycles. The molecule has 0 radical (unpaired) electrons. The van der Waals surface area contributed by atoms with Gasteiger partial charge in [-0.2, -0.15) is 0 Å². The number of hydrogen-bond acceptors (Lipinski definition) is 3. The van der Waals surface area contributed by atoms with E-state index < -0.39 is 40.4 Å². The normalized spacial score (nSPS) is 14.4. The number of azide groups is 1. The molecule has 2 rings (SSSR count). The Kier molecular flexibility index (Phi) is 3.57. The van der Waals surface area contributed by atoms with E-state index in [4.69, 9.17) is 10.3 Å². The van der Waals surface area contributed by atoms with Gasteiger partial charge in [-0.25, -0.2) is 17.6 Å². The number of ether oxygens (including phenoxy) is 1. The SMILES string of the molecule is [N-]=[N+]=Nc1c(F)c(F)c(C2=NCCCO2)c(F)c1F. The summed E-state index contributed by atoms with van der Waals surface area (Å²) in [5.41, 5.74) is 5.70. The second-order valence-electron chi connectivity index (χ2n) is 3.56. The molecule has 19 heavy (non-hydrogen) atoms. The first-order valence-corrected chi connectivity index (χ1v) is 5.16. The van der Waals surface area contributed by atoms with E-state index in [1.165, 1.54) is 0 Å². The van der Waals surface area contributed by atoms with Crippen molar-refractivity contribution in [3.05, 3.63) is 39.3 Å². The third-order valence-corrected chi connectivity index (χ3v) is 2.40. The summed E-state index contributed by atoms with van der Waals surface area (Å²) in [6, 6.07) is 0. The van der Waals surface area contributed by atoms with E-state index in [9.17, 15) is 17.6 Å². The van der Waals surface area contributed by atoms with Crippen LogP contribution in [0, 0.1) is 23.3 Å². The van der Waals surface area contributed by atoms with Crippen LogP contribution < -0.4 is 0 Å². The molecule has 0 amide bonds. The molecule has 9 heteroatoms. The van der Waals surface area contributed by atoms with E-state index >= 15 is 0 Å². The maximum Gasteiger partial charge on any atom is 0.222 e. The van der Waals surface area contributed by atoms with Crippen LogP contribution in [-0.4, -0.2) is 19.0 Å². The van der Waals surface area contributed by atoms with Gasteiger partial charge in [-0.1, -0.05) is 5.11 Å². The number of hydrogen-bond donors (Lipinski definition) is 0. The van der Waals surface area contributed by atoms with Gasteiger partial charge in [0.05, 0.1) is 6.61 Å². The van der Waals surface area contributed by atoms with Crippen molar-refractivity contribution in [2.75, 3.05) is 13.2 Å². The summed E-state index contributed by atoms with van der Waals surface area (Å²) in [7, 11) is 0. The number of rotatable bonds is 2. The van der Waals surface area contributed by atoms with Crippen LogP contribution in [0.1, 0.15) is 12.0 Å². The standard InChI is InChI=1S/C10H6F4N4O/c11-5-4(10-16-2-1-3-19-10)6(12)8(14)9(7(5)13)17-18-15/h1-3H2. The van der Waals surface area contributed by atoms with Gasteiger partial charge in [0, 0.05) is 17.9 Å². The smallest absolute Gasteiger partial charge is 0.222 e.